The predicted molar refractivity (Wildman–Crippen MR) is 69.6 cm³/mol. The van der Waals surface area contributed by atoms with Gasteiger partial charge >= 0.3 is 7.12 Å². The standard InChI is InChI=1S/C13H18BF2NO2/c1-8-6-9(7-10(17-8)11(15)16)14-18-12(2,3)13(4,5)19-14/h6-7,11H,1-5H3/i1D3,6D,7D,11D. The number of aryl methyl sites for hydroxylation is 1. The molecule has 1 aromatic heterocycles. The van der Waals surface area contributed by atoms with Gasteiger partial charge in [-0.25, -0.2) is 8.78 Å². The first-order chi connectivity index (χ1) is 11.0. The third kappa shape index (κ3) is 2.65. The summed E-state index contributed by atoms with van der Waals surface area (Å²) >= 11 is 0. The monoisotopic (exact) mass is 275 g/mol. The van der Waals surface area contributed by atoms with Crippen LogP contribution in [-0.2, 0) is 9.31 Å². The van der Waals surface area contributed by atoms with E-state index in [1.807, 2.05) is 0 Å². The van der Waals surface area contributed by atoms with Gasteiger partial charge in [0.1, 0.15) is 7.06 Å². The van der Waals surface area contributed by atoms with E-state index < -0.39 is 60.5 Å². The molecule has 0 atom stereocenters. The van der Waals surface area contributed by atoms with Crippen LogP contribution in [0, 0.1) is 6.85 Å². The number of rotatable bonds is 2. The maximum atomic E-state index is 13.5. The smallest absolute Gasteiger partial charge is 0.399 e. The number of hydrogen-bond donors (Lipinski definition) is 0. The van der Waals surface area contributed by atoms with Gasteiger partial charge in [0.2, 0.25) is 0 Å². The van der Waals surface area contributed by atoms with E-state index in [2.05, 4.69) is 4.98 Å². The Hall–Kier alpha value is -1.01. The average molecular weight is 275 g/mol. The maximum absolute atomic E-state index is 13.5. The lowest BCUT2D eigenvalue weighted by Crippen LogP contribution is -2.41. The summed E-state index contributed by atoms with van der Waals surface area (Å²) in [4.78, 5) is 3.23. The highest BCUT2D eigenvalue weighted by Gasteiger charge is 2.51. The molecule has 0 radical (unpaired) electrons. The van der Waals surface area contributed by atoms with Gasteiger partial charge in [-0.3, -0.25) is 4.98 Å². The Morgan fingerprint density at radius 3 is 2.37 bits per heavy atom. The van der Waals surface area contributed by atoms with Crippen molar-refractivity contribution in [3.05, 3.63) is 23.5 Å². The Morgan fingerprint density at radius 2 is 1.89 bits per heavy atom. The fourth-order valence-corrected chi connectivity index (χ4v) is 1.62. The van der Waals surface area contributed by atoms with Crippen molar-refractivity contribution in [3.8, 4) is 0 Å². The first kappa shape index (κ1) is 8.32. The van der Waals surface area contributed by atoms with Gasteiger partial charge in [-0.1, -0.05) is 0 Å². The molecule has 1 aromatic rings. The summed E-state index contributed by atoms with van der Waals surface area (Å²) in [6, 6.07) is -1.66. The topological polar surface area (TPSA) is 31.4 Å². The minimum Gasteiger partial charge on any atom is -0.399 e. The molecule has 0 amide bonds. The van der Waals surface area contributed by atoms with Gasteiger partial charge in [0.15, 0.2) is 0 Å². The Labute approximate surface area is 120 Å². The highest BCUT2D eigenvalue weighted by atomic mass is 19.3. The van der Waals surface area contributed by atoms with Crippen molar-refractivity contribution in [2.45, 2.75) is 52.2 Å². The Balaban J connectivity index is 2.74. The van der Waals surface area contributed by atoms with Gasteiger partial charge in [-0.2, -0.15) is 0 Å². The molecule has 1 aliphatic rings. The zero-order valence-corrected chi connectivity index (χ0v) is 11.1. The van der Waals surface area contributed by atoms with E-state index in [0.717, 1.165) is 0 Å². The molecule has 0 N–H and O–H groups in total. The molecule has 0 aliphatic carbocycles. The van der Waals surface area contributed by atoms with Crippen molar-refractivity contribution in [2.24, 2.45) is 0 Å². The van der Waals surface area contributed by atoms with E-state index >= 15 is 0 Å². The normalized spacial score (nSPS) is 26.9. The second-order valence-electron chi connectivity index (χ2n) is 5.32. The van der Waals surface area contributed by atoms with Gasteiger partial charge in [0.25, 0.3) is 6.40 Å². The molecule has 2 heterocycles. The Kier molecular flexibility index (Phi) is 1.98. The minimum absolute atomic E-state index is 0.471. The quantitative estimate of drug-likeness (QED) is 0.777. The van der Waals surface area contributed by atoms with Crippen LogP contribution in [0.1, 0.15) is 53.7 Å². The fourth-order valence-electron chi connectivity index (χ4n) is 1.62. The Bertz CT molecular complexity index is 651. The van der Waals surface area contributed by atoms with Gasteiger partial charge in [0, 0.05) is 9.81 Å². The van der Waals surface area contributed by atoms with E-state index in [1.54, 1.807) is 27.7 Å². The van der Waals surface area contributed by atoms with Crippen molar-refractivity contribution in [3.63, 3.8) is 0 Å². The van der Waals surface area contributed by atoms with Gasteiger partial charge < -0.3 is 9.31 Å². The van der Waals surface area contributed by atoms with Crippen LogP contribution in [-0.4, -0.2) is 23.3 Å². The zero-order valence-electron chi connectivity index (χ0n) is 17.1. The van der Waals surface area contributed by atoms with Crippen LogP contribution in [0.5, 0.6) is 0 Å². The molecule has 0 spiro atoms. The molecule has 19 heavy (non-hydrogen) atoms. The number of pyridine rings is 1. The summed E-state index contributed by atoms with van der Waals surface area (Å²) in [6.07, 6.45) is -4.30. The van der Waals surface area contributed by atoms with Crippen molar-refractivity contribution in [2.75, 3.05) is 0 Å². The molecule has 0 unspecified atom stereocenters. The van der Waals surface area contributed by atoms with E-state index in [0.29, 0.717) is 0 Å². The largest absolute Gasteiger partial charge is 0.494 e. The molecule has 0 aromatic carbocycles. The number of halogens is 2. The van der Waals surface area contributed by atoms with E-state index in [1.165, 1.54) is 0 Å². The molecule has 0 bridgehead atoms. The lowest BCUT2D eigenvalue weighted by Gasteiger charge is -2.32. The number of hydrogen-bond acceptors (Lipinski definition) is 3. The molecule has 1 aliphatic heterocycles. The van der Waals surface area contributed by atoms with Crippen molar-refractivity contribution in [1.82, 2.24) is 4.98 Å². The third-order valence-electron chi connectivity index (χ3n) is 3.40. The number of alkyl halides is 2. The van der Waals surface area contributed by atoms with Crippen LogP contribution < -0.4 is 5.46 Å². The van der Waals surface area contributed by atoms with Crippen LogP contribution in [0.3, 0.4) is 0 Å². The van der Waals surface area contributed by atoms with Crippen molar-refractivity contribution < 1.29 is 26.3 Å². The first-order valence-corrected chi connectivity index (χ1v) is 5.74. The summed E-state index contributed by atoms with van der Waals surface area (Å²) in [7, 11) is -1.39. The molecule has 2 rings (SSSR count). The highest BCUT2D eigenvalue weighted by molar-refractivity contribution is 6.62. The third-order valence-corrected chi connectivity index (χ3v) is 3.40. The van der Waals surface area contributed by atoms with Gasteiger partial charge in [-0.15, -0.1) is 0 Å². The van der Waals surface area contributed by atoms with Crippen LogP contribution >= 0.6 is 0 Å². The molecule has 0 saturated carbocycles. The van der Waals surface area contributed by atoms with Crippen molar-refractivity contribution in [1.29, 1.82) is 0 Å². The summed E-state index contributed by atoms with van der Waals surface area (Å²) in [5.74, 6) is 0. The molecular formula is C13H18BF2NO2. The SMILES string of the molecule is [2H]c1c(C([2H])([2H])[2H])nc(C([2H])(F)F)c([2H])c1B1OC(C)(C)C(C)(C)O1. The van der Waals surface area contributed by atoms with Gasteiger partial charge in [-0.05, 0) is 52.1 Å². The van der Waals surface area contributed by atoms with E-state index in [9.17, 15) is 8.78 Å². The zero-order chi connectivity index (χ0) is 19.6. The molecule has 1 saturated heterocycles. The summed E-state index contributed by atoms with van der Waals surface area (Å²) < 4.78 is 83.5. The fraction of sp³-hybridized carbons (Fsp3) is 0.615. The number of aromatic nitrogens is 1. The number of nitrogens with zero attached hydrogens (tertiary/aromatic N) is 1. The summed E-state index contributed by atoms with van der Waals surface area (Å²) in [5.41, 5.74) is -4.51. The summed E-state index contributed by atoms with van der Waals surface area (Å²) in [5, 5.41) is 0. The van der Waals surface area contributed by atoms with Crippen LogP contribution in [0.2, 0.25) is 0 Å². The Morgan fingerprint density at radius 1 is 1.32 bits per heavy atom. The molecule has 6 heteroatoms. The average Bonchev–Trinajstić information content (AvgIpc) is 2.54. The molecule has 1 fully saturated rings. The van der Waals surface area contributed by atoms with Crippen molar-refractivity contribution >= 4 is 12.6 Å². The van der Waals surface area contributed by atoms with E-state index in [-0.39, 0.29) is 0 Å². The minimum atomic E-state index is -4.30. The van der Waals surface area contributed by atoms with E-state index in [4.69, 9.17) is 17.5 Å². The molecule has 104 valence electrons. The molecular weight excluding hydrogens is 251 g/mol. The second-order valence-corrected chi connectivity index (χ2v) is 5.32. The van der Waals surface area contributed by atoms with Crippen LogP contribution in [0.15, 0.2) is 12.1 Å². The van der Waals surface area contributed by atoms with Crippen LogP contribution in [0.4, 0.5) is 8.78 Å². The van der Waals surface area contributed by atoms with Gasteiger partial charge in [0.05, 0.1) is 13.9 Å². The maximum Gasteiger partial charge on any atom is 0.494 e. The first-order valence-electron chi connectivity index (χ1n) is 8.74. The lowest BCUT2D eigenvalue weighted by atomic mass is 9.79. The second kappa shape index (κ2) is 4.53. The highest BCUT2D eigenvalue weighted by Crippen LogP contribution is 2.36. The summed E-state index contributed by atoms with van der Waals surface area (Å²) in [6.45, 7) is 3.78. The molecule has 3 nitrogen and oxygen atoms in total. The van der Waals surface area contributed by atoms with Crippen LogP contribution in [0.25, 0.3) is 0 Å². The lowest BCUT2D eigenvalue weighted by molar-refractivity contribution is 0.00578. The predicted octanol–water partition coefficient (Wildman–Crippen LogP) is 2.63.